The smallest absolute Gasteiger partial charge is 0.194 e. The minimum atomic E-state index is -0.744. The normalized spacial score (nSPS) is 38.3. The van der Waals surface area contributed by atoms with E-state index in [0.29, 0.717) is 26.1 Å². The topological polar surface area (TPSA) is 58.9 Å². The van der Waals surface area contributed by atoms with Crippen molar-refractivity contribution in [2.24, 2.45) is 5.92 Å². The highest BCUT2D eigenvalue weighted by Crippen LogP contribution is 2.38. The van der Waals surface area contributed by atoms with E-state index in [9.17, 15) is 5.11 Å². The molecule has 1 heterocycles. The highest BCUT2D eigenvalue weighted by molar-refractivity contribution is 4.89. The summed E-state index contributed by atoms with van der Waals surface area (Å²) >= 11 is 0. The van der Waals surface area contributed by atoms with Crippen molar-refractivity contribution in [3.8, 4) is 0 Å². The Balaban J connectivity index is 2.00. The predicted octanol–water partition coefficient (Wildman–Crippen LogP) is -0.117. The zero-order chi connectivity index (χ0) is 9.31. The van der Waals surface area contributed by atoms with Gasteiger partial charge in [-0.1, -0.05) is 0 Å². The van der Waals surface area contributed by atoms with Crippen molar-refractivity contribution in [3.63, 3.8) is 0 Å². The minimum absolute atomic E-state index is 0.146. The number of aliphatic hydroxyl groups excluding tert-OH is 2. The summed E-state index contributed by atoms with van der Waals surface area (Å²) in [6.07, 6.45) is 1.56. The number of aliphatic hydroxyl groups is 2. The number of ether oxygens (including phenoxy) is 2. The zero-order valence-corrected chi connectivity index (χ0v) is 7.61. The SMILES string of the molecule is OCC1CCC2(OCCO2)C(O)C1. The van der Waals surface area contributed by atoms with Crippen LogP contribution >= 0.6 is 0 Å². The van der Waals surface area contributed by atoms with E-state index < -0.39 is 11.9 Å². The van der Waals surface area contributed by atoms with Gasteiger partial charge in [-0.2, -0.15) is 0 Å². The number of hydrogen-bond donors (Lipinski definition) is 2. The molecule has 2 N–H and O–H groups in total. The van der Waals surface area contributed by atoms with E-state index in [0.717, 1.165) is 6.42 Å². The fraction of sp³-hybridized carbons (Fsp3) is 1.00. The van der Waals surface area contributed by atoms with Gasteiger partial charge in [-0.3, -0.25) is 0 Å². The Morgan fingerprint density at radius 1 is 1.31 bits per heavy atom. The van der Waals surface area contributed by atoms with E-state index >= 15 is 0 Å². The summed E-state index contributed by atoms with van der Waals surface area (Å²) in [5.74, 6) is -0.542. The predicted molar refractivity (Wildman–Crippen MR) is 45.1 cm³/mol. The lowest BCUT2D eigenvalue weighted by Gasteiger charge is -2.39. The first-order chi connectivity index (χ1) is 6.27. The molecular formula is C9H16O4. The highest BCUT2D eigenvalue weighted by atomic mass is 16.7. The van der Waals surface area contributed by atoms with Crippen molar-refractivity contribution in [3.05, 3.63) is 0 Å². The van der Waals surface area contributed by atoms with E-state index in [1.165, 1.54) is 0 Å². The molecule has 1 saturated carbocycles. The molecule has 0 aromatic heterocycles. The highest BCUT2D eigenvalue weighted by Gasteiger charge is 2.47. The second-order valence-corrected chi connectivity index (χ2v) is 3.85. The second-order valence-electron chi connectivity index (χ2n) is 3.85. The van der Waals surface area contributed by atoms with E-state index in [2.05, 4.69) is 0 Å². The van der Waals surface area contributed by atoms with Crippen LogP contribution in [-0.4, -0.2) is 41.9 Å². The molecule has 4 heteroatoms. The minimum Gasteiger partial charge on any atom is -0.396 e. The van der Waals surface area contributed by atoms with Crippen LogP contribution in [-0.2, 0) is 9.47 Å². The molecule has 0 amide bonds. The maximum atomic E-state index is 9.80. The zero-order valence-electron chi connectivity index (χ0n) is 7.61. The Labute approximate surface area is 77.5 Å². The van der Waals surface area contributed by atoms with E-state index in [1.807, 2.05) is 0 Å². The maximum absolute atomic E-state index is 9.80. The maximum Gasteiger partial charge on any atom is 0.194 e. The van der Waals surface area contributed by atoms with Gasteiger partial charge >= 0.3 is 0 Å². The number of rotatable bonds is 1. The van der Waals surface area contributed by atoms with Crippen LogP contribution in [0.1, 0.15) is 19.3 Å². The van der Waals surface area contributed by atoms with E-state index in [-0.39, 0.29) is 12.5 Å². The molecule has 4 nitrogen and oxygen atoms in total. The Bertz CT molecular complexity index is 176. The van der Waals surface area contributed by atoms with Crippen molar-refractivity contribution < 1.29 is 19.7 Å². The first kappa shape index (κ1) is 9.40. The standard InChI is InChI=1S/C9H16O4/c10-6-7-1-2-9(8(11)5-7)12-3-4-13-9/h7-8,10-11H,1-6H2. The molecule has 1 saturated heterocycles. The van der Waals surface area contributed by atoms with Crippen molar-refractivity contribution >= 4 is 0 Å². The Morgan fingerprint density at radius 3 is 2.54 bits per heavy atom. The van der Waals surface area contributed by atoms with Gasteiger partial charge in [-0.05, 0) is 18.8 Å². The third-order valence-corrected chi connectivity index (χ3v) is 3.00. The molecule has 2 aliphatic rings. The van der Waals surface area contributed by atoms with Crippen LogP contribution in [0.2, 0.25) is 0 Å². The van der Waals surface area contributed by atoms with Crippen LogP contribution in [0.3, 0.4) is 0 Å². The van der Waals surface area contributed by atoms with Crippen LogP contribution < -0.4 is 0 Å². The van der Waals surface area contributed by atoms with Gasteiger partial charge < -0.3 is 19.7 Å². The van der Waals surface area contributed by atoms with Crippen molar-refractivity contribution in [1.29, 1.82) is 0 Å². The van der Waals surface area contributed by atoms with Crippen LogP contribution in [0.4, 0.5) is 0 Å². The molecule has 76 valence electrons. The summed E-state index contributed by atoms with van der Waals surface area (Å²) < 4.78 is 10.9. The quantitative estimate of drug-likeness (QED) is 0.602. The third kappa shape index (κ3) is 1.59. The van der Waals surface area contributed by atoms with Gasteiger partial charge in [0.05, 0.1) is 13.2 Å². The van der Waals surface area contributed by atoms with Gasteiger partial charge in [0, 0.05) is 13.0 Å². The monoisotopic (exact) mass is 188 g/mol. The first-order valence-electron chi connectivity index (χ1n) is 4.84. The molecular weight excluding hydrogens is 172 g/mol. The van der Waals surface area contributed by atoms with E-state index in [1.54, 1.807) is 0 Å². The lowest BCUT2D eigenvalue weighted by atomic mass is 9.83. The molecule has 1 aliphatic carbocycles. The third-order valence-electron chi connectivity index (χ3n) is 3.00. The fourth-order valence-electron chi connectivity index (χ4n) is 2.16. The first-order valence-corrected chi connectivity index (χ1v) is 4.84. The molecule has 1 spiro atoms. The van der Waals surface area contributed by atoms with Crippen LogP contribution in [0.5, 0.6) is 0 Å². The van der Waals surface area contributed by atoms with Crippen LogP contribution in [0.15, 0.2) is 0 Å². The number of hydrogen-bond acceptors (Lipinski definition) is 4. The average molecular weight is 188 g/mol. The molecule has 0 radical (unpaired) electrons. The Hall–Kier alpha value is -0.160. The van der Waals surface area contributed by atoms with Crippen molar-refractivity contribution in [2.75, 3.05) is 19.8 Å². The largest absolute Gasteiger partial charge is 0.396 e. The van der Waals surface area contributed by atoms with Crippen LogP contribution in [0.25, 0.3) is 0 Å². The molecule has 2 atom stereocenters. The summed E-state index contributed by atoms with van der Waals surface area (Å²) in [7, 11) is 0. The summed E-state index contributed by atoms with van der Waals surface area (Å²) in [5.41, 5.74) is 0. The molecule has 0 bridgehead atoms. The van der Waals surface area contributed by atoms with E-state index in [4.69, 9.17) is 14.6 Å². The lowest BCUT2D eigenvalue weighted by molar-refractivity contribution is -0.243. The molecule has 2 unspecified atom stereocenters. The average Bonchev–Trinajstić information content (AvgIpc) is 2.60. The molecule has 2 fully saturated rings. The molecule has 0 aromatic carbocycles. The molecule has 1 aliphatic heterocycles. The summed E-state index contributed by atoms with van der Waals surface area (Å²) in [4.78, 5) is 0. The van der Waals surface area contributed by atoms with Gasteiger partial charge in [-0.15, -0.1) is 0 Å². The van der Waals surface area contributed by atoms with Gasteiger partial charge in [0.15, 0.2) is 5.79 Å². The van der Waals surface area contributed by atoms with Crippen molar-refractivity contribution in [2.45, 2.75) is 31.2 Å². The van der Waals surface area contributed by atoms with Gasteiger partial charge in [0.2, 0.25) is 0 Å². The lowest BCUT2D eigenvalue weighted by Crippen LogP contribution is -2.48. The van der Waals surface area contributed by atoms with Gasteiger partial charge in [0.25, 0.3) is 0 Å². The molecule has 13 heavy (non-hydrogen) atoms. The Morgan fingerprint density at radius 2 is 2.00 bits per heavy atom. The molecule has 0 aromatic rings. The second kappa shape index (κ2) is 3.53. The van der Waals surface area contributed by atoms with Crippen molar-refractivity contribution in [1.82, 2.24) is 0 Å². The fourth-order valence-corrected chi connectivity index (χ4v) is 2.16. The summed E-state index contributed by atoms with van der Waals surface area (Å²) in [6, 6.07) is 0. The molecule has 2 rings (SSSR count). The van der Waals surface area contributed by atoms with Crippen LogP contribution in [0, 0.1) is 5.92 Å². The summed E-state index contributed by atoms with van der Waals surface area (Å²) in [6.45, 7) is 1.29. The van der Waals surface area contributed by atoms with Gasteiger partial charge in [-0.25, -0.2) is 0 Å². The summed E-state index contributed by atoms with van der Waals surface area (Å²) in [5, 5.41) is 18.7. The Kier molecular flexibility index (Phi) is 2.55. The van der Waals surface area contributed by atoms with Gasteiger partial charge in [0.1, 0.15) is 6.10 Å².